The first kappa shape index (κ1) is 19.8. The largest absolute Gasteiger partial charge is 0.0842 e. The molecule has 0 spiro atoms. The first-order chi connectivity index (χ1) is 12.0. The van der Waals surface area contributed by atoms with Crippen molar-refractivity contribution in [3.8, 4) is 0 Å². The average Bonchev–Trinajstić information content (AvgIpc) is 2.40. The Morgan fingerprint density at radius 1 is 0.654 bits per heavy atom. The summed E-state index contributed by atoms with van der Waals surface area (Å²) >= 11 is 0. The summed E-state index contributed by atoms with van der Waals surface area (Å²) < 4.78 is 0. The predicted octanol–water partition coefficient (Wildman–Crippen LogP) is 7.79. The van der Waals surface area contributed by atoms with E-state index in [2.05, 4.69) is 86.6 Å². The number of hydrogen-bond acceptors (Lipinski definition) is 0. The Bertz CT molecular complexity index is 851. The quantitative estimate of drug-likeness (QED) is 0.466. The summed E-state index contributed by atoms with van der Waals surface area (Å²) in [5, 5.41) is 3.65. The summed E-state index contributed by atoms with van der Waals surface area (Å²) in [6.45, 7) is 20.8. The molecule has 3 rings (SSSR count). The second-order valence-corrected chi connectivity index (χ2v) is 13.5. The van der Waals surface area contributed by atoms with Crippen LogP contribution < -0.4 is 0 Å². The maximum Gasteiger partial charge on any atom is 0.0842 e. The van der Waals surface area contributed by atoms with Gasteiger partial charge in [-0.15, -0.1) is 0 Å². The van der Waals surface area contributed by atoms with Crippen molar-refractivity contribution >= 4 is 21.2 Å². The molecule has 0 aliphatic carbocycles. The molecule has 26 heavy (non-hydrogen) atoms. The fourth-order valence-electron chi connectivity index (χ4n) is 4.29. The van der Waals surface area contributed by atoms with Gasteiger partial charge in [0.1, 0.15) is 0 Å². The molecule has 2 aromatic carbocycles. The van der Waals surface area contributed by atoms with E-state index in [4.69, 9.17) is 0 Å². The third-order valence-electron chi connectivity index (χ3n) is 5.11. The van der Waals surface area contributed by atoms with E-state index in [1.807, 2.05) is 0 Å². The summed E-state index contributed by atoms with van der Waals surface area (Å²) in [7, 11) is 1.17. The smallest absolute Gasteiger partial charge is 0.0764 e. The van der Waals surface area contributed by atoms with Crippen molar-refractivity contribution in [1.82, 2.24) is 0 Å². The maximum absolute atomic E-state index is 2.42. The maximum atomic E-state index is 2.42. The highest BCUT2D eigenvalue weighted by molar-refractivity contribution is 8.03. The summed E-state index contributed by atoms with van der Waals surface area (Å²) in [6, 6.07) is 9.39. The van der Waals surface area contributed by atoms with E-state index < -0.39 is 0 Å². The first-order valence-electron chi connectivity index (χ1n) is 9.43. The van der Waals surface area contributed by atoms with Crippen LogP contribution in [-0.2, 0) is 0 Å². The normalized spacial score (nSPS) is 18.5. The van der Waals surface area contributed by atoms with Crippen molar-refractivity contribution in [3.05, 3.63) is 74.2 Å². The molecule has 1 unspecified atom stereocenters. The standard InChI is InChI=1S/C24H31P2/c1-14-10-16(3)20(17(4)11-14)22-25-23(26(22)24(7,8)9)21-18(5)12-15(2)13-19(21)6/h10-13H,1-9H3. The zero-order valence-corrected chi connectivity index (χ0v) is 19.5. The van der Waals surface area contributed by atoms with Crippen LogP contribution in [0.3, 0.4) is 0 Å². The van der Waals surface area contributed by atoms with E-state index in [0.29, 0.717) is 5.16 Å². The third-order valence-corrected chi connectivity index (χ3v) is 10.4. The van der Waals surface area contributed by atoms with Gasteiger partial charge in [0.2, 0.25) is 0 Å². The van der Waals surface area contributed by atoms with Crippen LogP contribution in [0.4, 0.5) is 0 Å². The molecule has 1 atom stereocenters. The van der Waals surface area contributed by atoms with Gasteiger partial charge in [-0.25, -0.2) is 0 Å². The van der Waals surface area contributed by atoms with Crippen LogP contribution in [0.1, 0.15) is 65.3 Å². The molecular weight excluding hydrogens is 350 g/mol. The highest BCUT2D eigenvalue weighted by atomic mass is 31.2. The molecule has 0 amide bonds. The molecule has 1 radical (unpaired) electrons. The van der Waals surface area contributed by atoms with E-state index in [1.165, 1.54) is 52.7 Å². The average molecular weight is 381 g/mol. The van der Waals surface area contributed by atoms with Gasteiger partial charge in [0, 0.05) is 5.03 Å². The highest BCUT2D eigenvalue weighted by Gasteiger charge is 2.44. The van der Waals surface area contributed by atoms with Crippen molar-refractivity contribution in [1.29, 1.82) is 0 Å². The van der Waals surface area contributed by atoms with Gasteiger partial charge >= 0.3 is 0 Å². The molecule has 1 aliphatic rings. The van der Waals surface area contributed by atoms with Crippen molar-refractivity contribution in [3.63, 3.8) is 0 Å². The Kier molecular flexibility index (Phi) is 5.24. The second kappa shape index (κ2) is 6.89. The first-order valence-corrected chi connectivity index (χ1v) is 11.7. The second-order valence-electron chi connectivity index (χ2n) is 8.81. The topological polar surface area (TPSA) is 0 Å². The van der Waals surface area contributed by atoms with E-state index >= 15 is 0 Å². The van der Waals surface area contributed by atoms with Crippen molar-refractivity contribution in [2.45, 2.75) is 67.5 Å². The van der Waals surface area contributed by atoms with Crippen LogP contribution in [0.5, 0.6) is 0 Å². The summed E-state index contributed by atoms with van der Waals surface area (Å²) in [4.78, 5) is 0. The molecular formula is C24H31P2. The van der Waals surface area contributed by atoms with Gasteiger partial charge in [0.05, 0.1) is 5.40 Å². The molecule has 2 aromatic rings. The van der Waals surface area contributed by atoms with Gasteiger partial charge in [-0.2, -0.15) is 0 Å². The van der Waals surface area contributed by atoms with Gasteiger partial charge in [-0.05, 0) is 88.0 Å². The van der Waals surface area contributed by atoms with Crippen molar-refractivity contribution < 1.29 is 0 Å². The van der Waals surface area contributed by atoms with E-state index in [0.717, 1.165) is 0 Å². The highest BCUT2D eigenvalue weighted by Crippen LogP contribution is 2.75. The van der Waals surface area contributed by atoms with Crippen molar-refractivity contribution in [2.75, 3.05) is 0 Å². The van der Waals surface area contributed by atoms with E-state index in [1.54, 1.807) is 10.4 Å². The number of rotatable bonds is 2. The number of aryl methyl sites for hydroxylation is 6. The molecule has 1 heterocycles. The molecule has 0 nitrogen and oxygen atoms in total. The Labute approximate surface area is 163 Å². The van der Waals surface area contributed by atoms with Crippen LogP contribution in [0.25, 0.3) is 0 Å². The lowest BCUT2D eigenvalue weighted by atomic mass is 10.0. The Morgan fingerprint density at radius 2 is 1.04 bits per heavy atom. The fraction of sp³-hybridized carbons (Fsp3) is 0.417. The molecule has 0 aromatic heterocycles. The SMILES string of the molecule is Cc1cc(C)c([C]2P=C(c3c(C)cc(C)cc3C)P2C(C)(C)C)c(C)c1. The lowest BCUT2D eigenvalue weighted by Crippen LogP contribution is -2.26. The van der Waals surface area contributed by atoms with Gasteiger partial charge in [-0.1, -0.05) is 64.4 Å². The minimum atomic E-state index is -0.281. The lowest BCUT2D eigenvalue weighted by Gasteiger charge is -2.45. The Hall–Kier alpha value is -0.960. The number of benzene rings is 2. The Morgan fingerprint density at radius 3 is 1.42 bits per heavy atom. The summed E-state index contributed by atoms with van der Waals surface area (Å²) in [5.74, 6) is 0. The third kappa shape index (κ3) is 3.44. The van der Waals surface area contributed by atoms with Crippen LogP contribution in [0, 0.1) is 46.9 Å². The minimum Gasteiger partial charge on any atom is -0.0764 e. The monoisotopic (exact) mass is 381 g/mol. The Balaban J connectivity index is 2.17. The summed E-state index contributed by atoms with van der Waals surface area (Å²) in [6.07, 6.45) is 0. The van der Waals surface area contributed by atoms with E-state index in [-0.39, 0.29) is 7.92 Å². The molecule has 1 aliphatic heterocycles. The van der Waals surface area contributed by atoms with Crippen LogP contribution >= 0.6 is 16.1 Å². The molecule has 2 heteroatoms. The zero-order chi connectivity index (χ0) is 19.4. The number of hydrogen-bond donors (Lipinski definition) is 0. The minimum absolute atomic E-state index is 0.281. The predicted molar refractivity (Wildman–Crippen MR) is 121 cm³/mol. The van der Waals surface area contributed by atoms with Crippen LogP contribution in [0.15, 0.2) is 24.3 Å². The molecule has 0 saturated carbocycles. The van der Waals surface area contributed by atoms with Gasteiger partial charge < -0.3 is 0 Å². The molecule has 0 fully saturated rings. The van der Waals surface area contributed by atoms with Gasteiger partial charge in [-0.3, -0.25) is 0 Å². The van der Waals surface area contributed by atoms with Crippen LogP contribution in [-0.4, -0.2) is 10.2 Å². The van der Waals surface area contributed by atoms with E-state index in [9.17, 15) is 0 Å². The van der Waals surface area contributed by atoms with Crippen molar-refractivity contribution in [2.24, 2.45) is 0 Å². The fourth-order valence-corrected chi connectivity index (χ4v) is 11.2. The van der Waals surface area contributed by atoms with Crippen LogP contribution in [0.2, 0.25) is 0 Å². The van der Waals surface area contributed by atoms with Gasteiger partial charge in [0.15, 0.2) is 0 Å². The lowest BCUT2D eigenvalue weighted by molar-refractivity contribution is 0.791. The zero-order valence-electron chi connectivity index (χ0n) is 17.7. The molecule has 0 bridgehead atoms. The molecule has 0 N–H and O–H groups in total. The summed E-state index contributed by atoms with van der Waals surface area (Å²) in [5.41, 5.74) is 11.6. The molecule has 0 saturated heterocycles. The van der Waals surface area contributed by atoms with Gasteiger partial charge in [0.25, 0.3) is 0 Å². The molecule has 137 valence electrons.